The molecule has 0 aromatic carbocycles. The van der Waals surface area contributed by atoms with Gasteiger partial charge in [0, 0.05) is 26.1 Å². The molecular formula is C11H20N2O. The average Bonchev–Trinajstić information content (AvgIpc) is 2.05. The summed E-state index contributed by atoms with van der Waals surface area (Å²) in [5.41, 5.74) is 0.741. The Bertz CT molecular complexity index is 215. The molecule has 0 bridgehead atoms. The standard InChI is InChI=1S/C11H20N2O/c1-12-10(14)3-6-13-9-7-11(8-9)4-2-5-11/h9,13H,2-8H2,1H3,(H,12,14). The monoisotopic (exact) mass is 196 g/mol. The topological polar surface area (TPSA) is 41.1 Å². The van der Waals surface area contributed by atoms with Gasteiger partial charge >= 0.3 is 0 Å². The van der Waals surface area contributed by atoms with Crippen molar-refractivity contribution in [2.75, 3.05) is 13.6 Å². The number of amides is 1. The Kier molecular flexibility index (Phi) is 2.77. The Hall–Kier alpha value is -0.570. The van der Waals surface area contributed by atoms with Crippen LogP contribution in [0.4, 0.5) is 0 Å². The van der Waals surface area contributed by atoms with Crippen molar-refractivity contribution in [3.05, 3.63) is 0 Å². The van der Waals surface area contributed by atoms with Crippen LogP contribution in [-0.2, 0) is 4.79 Å². The van der Waals surface area contributed by atoms with E-state index in [9.17, 15) is 4.79 Å². The molecule has 2 saturated carbocycles. The van der Waals surface area contributed by atoms with Crippen LogP contribution in [0.15, 0.2) is 0 Å². The quantitative estimate of drug-likeness (QED) is 0.705. The molecule has 14 heavy (non-hydrogen) atoms. The highest BCUT2D eigenvalue weighted by atomic mass is 16.1. The van der Waals surface area contributed by atoms with Gasteiger partial charge in [-0.05, 0) is 31.1 Å². The SMILES string of the molecule is CNC(=O)CCNC1CC2(CCC2)C1. The van der Waals surface area contributed by atoms with Gasteiger partial charge in [-0.15, -0.1) is 0 Å². The predicted octanol–water partition coefficient (Wildman–Crippen LogP) is 1.04. The van der Waals surface area contributed by atoms with E-state index >= 15 is 0 Å². The largest absolute Gasteiger partial charge is 0.359 e. The molecule has 1 amide bonds. The molecule has 2 aliphatic carbocycles. The van der Waals surface area contributed by atoms with Crippen molar-refractivity contribution in [1.29, 1.82) is 0 Å². The summed E-state index contributed by atoms with van der Waals surface area (Å²) in [4.78, 5) is 10.9. The van der Waals surface area contributed by atoms with Crippen LogP contribution in [0.2, 0.25) is 0 Å². The lowest BCUT2D eigenvalue weighted by molar-refractivity contribution is -0.120. The van der Waals surface area contributed by atoms with E-state index in [4.69, 9.17) is 0 Å². The van der Waals surface area contributed by atoms with Gasteiger partial charge in [-0.3, -0.25) is 4.79 Å². The van der Waals surface area contributed by atoms with Gasteiger partial charge in [0.1, 0.15) is 0 Å². The van der Waals surface area contributed by atoms with Crippen molar-refractivity contribution in [2.24, 2.45) is 5.41 Å². The maximum absolute atomic E-state index is 10.9. The van der Waals surface area contributed by atoms with Crippen molar-refractivity contribution in [1.82, 2.24) is 10.6 Å². The average molecular weight is 196 g/mol. The summed E-state index contributed by atoms with van der Waals surface area (Å²) in [5.74, 6) is 0.134. The molecule has 0 atom stereocenters. The van der Waals surface area contributed by atoms with Gasteiger partial charge in [0.05, 0.1) is 0 Å². The van der Waals surface area contributed by atoms with Crippen molar-refractivity contribution >= 4 is 5.91 Å². The fraction of sp³-hybridized carbons (Fsp3) is 0.909. The Balaban J connectivity index is 1.54. The Morgan fingerprint density at radius 3 is 2.64 bits per heavy atom. The Morgan fingerprint density at radius 2 is 2.14 bits per heavy atom. The third-order valence-electron chi connectivity index (χ3n) is 3.84. The summed E-state index contributed by atoms with van der Waals surface area (Å²) in [6.45, 7) is 0.834. The van der Waals surface area contributed by atoms with E-state index in [0.717, 1.165) is 12.0 Å². The number of nitrogens with one attached hydrogen (secondary N) is 2. The highest BCUT2D eigenvalue weighted by Gasteiger charge is 2.47. The van der Waals surface area contributed by atoms with Crippen molar-refractivity contribution in [3.63, 3.8) is 0 Å². The number of hydrogen-bond acceptors (Lipinski definition) is 2. The first-order valence-electron chi connectivity index (χ1n) is 5.68. The summed E-state index contributed by atoms with van der Waals surface area (Å²) in [6, 6.07) is 0.694. The molecule has 1 spiro atoms. The fourth-order valence-corrected chi connectivity index (χ4v) is 2.73. The zero-order valence-corrected chi connectivity index (χ0v) is 8.94. The maximum Gasteiger partial charge on any atom is 0.221 e. The van der Waals surface area contributed by atoms with Crippen LogP contribution in [0.5, 0.6) is 0 Å². The summed E-state index contributed by atoms with van der Waals surface area (Å²) >= 11 is 0. The van der Waals surface area contributed by atoms with Crippen LogP contribution < -0.4 is 10.6 Å². The van der Waals surface area contributed by atoms with Crippen LogP contribution in [0.1, 0.15) is 38.5 Å². The van der Waals surface area contributed by atoms with Gasteiger partial charge in [0.25, 0.3) is 0 Å². The number of hydrogen-bond donors (Lipinski definition) is 2. The normalized spacial score (nSPS) is 24.1. The van der Waals surface area contributed by atoms with E-state index in [0.29, 0.717) is 12.5 Å². The van der Waals surface area contributed by atoms with Gasteiger partial charge < -0.3 is 10.6 Å². The molecule has 2 fully saturated rings. The Morgan fingerprint density at radius 1 is 1.43 bits per heavy atom. The summed E-state index contributed by atoms with van der Waals surface area (Å²) in [5, 5.41) is 6.08. The molecule has 0 heterocycles. The molecule has 0 aromatic heterocycles. The van der Waals surface area contributed by atoms with Crippen LogP contribution >= 0.6 is 0 Å². The molecule has 2 rings (SSSR count). The van der Waals surface area contributed by atoms with Crippen molar-refractivity contribution in [2.45, 2.75) is 44.6 Å². The molecule has 2 aliphatic rings. The third kappa shape index (κ3) is 1.92. The molecule has 2 N–H and O–H groups in total. The fourth-order valence-electron chi connectivity index (χ4n) is 2.73. The smallest absolute Gasteiger partial charge is 0.221 e. The zero-order chi connectivity index (χ0) is 10.0. The first-order valence-corrected chi connectivity index (χ1v) is 5.68. The maximum atomic E-state index is 10.9. The molecule has 0 unspecified atom stereocenters. The van der Waals surface area contributed by atoms with Crippen LogP contribution in [0.3, 0.4) is 0 Å². The number of carbonyl (C=O) groups is 1. The first kappa shape index (κ1) is 9.97. The first-order chi connectivity index (χ1) is 6.74. The predicted molar refractivity (Wildman–Crippen MR) is 56.0 cm³/mol. The highest BCUT2D eigenvalue weighted by molar-refractivity contribution is 5.75. The van der Waals surface area contributed by atoms with Gasteiger partial charge in [-0.2, -0.15) is 0 Å². The van der Waals surface area contributed by atoms with Crippen molar-refractivity contribution in [3.8, 4) is 0 Å². The number of rotatable bonds is 4. The van der Waals surface area contributed by atoms with E-state index in [1.54, 1.807) is 7.05 Å². The minimum absolute atomic E-state index is 0.134. The molecule has 3 heteroatoms. The number of carbonyl (C=O) groups excluding carboxylic acids is 1. The van der Waals surface area contributed by atoms with Crippen LogP contribution in [0.25, 0.3) is 0 Å². The minimum Gasteiger partial charge on any atom is -0.359 e. The molecule has 0 saturated heterocycles. The molecule has 3 nitrogen and oxygen atoms in total. The van der Waals surface area contributed by atoms with Crippen molar-refractivity contribution < 1.29 is 4.79 Å². The van der Waals surface area contributed by atoms with E-state index in [2.05, 4.69) is 10.6 Å². The van der Waals surface area contributed by atoms with E-state index in [1.165, 1.54) is 32.1 Å². The zero-order valence-electron chi connectivity index (χ0n) is 8.94. The third-order valence-corrected chi connectivity index (χ3v) is 3.84. The lowest BCUT2D eigenvalue weighted by Gasteiger charge is -2.54. The van der Waals surface area contributed by atoms with E-state index in [1.807, 2.05) is 0 Å². The van der Waals surface area contributed by atoms with Crippen LogP contribution in [-0.4, -0.2) is 25.5 Å². The van der Waals surface area contributed by atoms with Gasteiger partial charge in [-0.1, -0.05) is 6.42 Å². The summed E-state index contributed by atoms with van der Waals surface area (Å²) in [6.07, 6.45) is 7.63. The molecule has 0 aromatic rings. The van der Waals surface area contributed by atoms with Gasteiger partial charge in [0.15, 0.2) is 0 Å². The lowest BCUT2D eigenvalue weighted by Crippen LogP contribution is -2.52. The molecular weight excluding hydrogens is 176 g/mol. The Labute approximate surface area is 85.6 Å². The van der Waals surface area contributed by atoms with E-state index < -0.39 is 0 Å². The molecule has 80 valence electrons. The second-order valence-electron chi connectivity index (χ2n) is 4.84. The lowest BCUT2D eigenvalue weighted by atomic mass is 9.54. The second kappa shape index (κ2) is 3.89. The highest BCUT2D eigenvalue weighted by Crippen LogP contribution is 2.55. The summed E-state index contributed by atoms with van der Waals surface area (Å²) in [7, 11) is 1.69. The molecule has 0 radical (unpaired) electrons. The van der Waals surface area contributed by atoms with Crippen LogP contribution in [0, 0.1) is 5.41 Å². The van der Waals surface area contributed by atoms with E-state index in [-0.39, 0.29) is 5.91 Å². The van der Waals surface area contributed by atoms with Gasteiger partial charge in [-0.25, -0.2) is 0 Å². The molecule has 0 aliphatic heterocycles. The summed E-state index contributed by atoms with van der Waals surface area (Å²) < 4.78 is 0. The second-order valence-corrected chi connectivity index (χ2v) is 4.84. The van der Waals surface area contributed by atoms with Gasteiger partial charge in [0.2, 0.25) is 5.91 Å². The minimum atomic E-state index is 0.134.